The molecule has 1 aromatic rings. The fourth-order valence-electron chi connectivity index (χ4n) is 1.35. The lowest BCUT2D eigenvalue weighted by Crippen LogP contribution is -2.12. The van der Waals surface area contributed by atoms with Crippen molar-refractivity contribution < 1.29 is 32.5 Å². The molecule has 0 N–H and O–H groups in total. The Morgan fingerprint density at radius 2 is 2.00 bits per heavy atom. The molecule has 4 nitrogen and oxygen atoms in total. The Labute approximate surface area is 106 Å². The van der Waals surface area contributed by atoms with Crippen LogP contribution in [0.15, 0.2) is 18.2 Å². The molecule has 1 aliphatic carbocycles. The topological polar surface area (TPSA) is 52.6 Å². The summed E-state index contributed by atoms with van der Waals surface area (Å²) in [6, 6.07) is 2.32. The smallest absolute Gasteiger partial charge is 0.298 e. The zero-order valence-corrected chi connectivity index (χ0v) is 9.57. The molecule has 0 radical (unpaired) electrons. The predicted octanol–water partition coefficient (Wildman–Crippen LogP) is 2.76. The molecule has 0 unspecified atom stereocenters. The molecule has 0 bridgehead atoms. The van der Waals surface area contributed by atoms with Crippen LogP contribution in [0.4, 0.5) is 13.2 Å². The first kappa shape index (κ1) is 13.4. The van der Waals surface area contributed by atoms with E-state index in [0.29, 0.717) is 25.2 Å². The number of hydrogen-bond acceptors (Lipinski definition) is 4. The highest BCUT2D eigenvalue weighted by Gasteiger charge is 2.34. The van der Waals surface area contributed by atoms with E-state index in [1.165, 1.54) is 0 Å². The maximum Gasteiger partial charge on any atom is 0.416 e. The summed E-state index contributed by atoms with van der Waals surface area (Å²) >= 11 is 0. The first-order valence-electron chi connectivity index (χ1n) is 5.46. The third kappa shape index (κ3) is 3.24. The van der Waals surface area contributed by atoms with Gasteiger partial charge in [-0.05, 0) is 31.0 Å². The van der Waals surface area contributed by atoms with Crippen LogP contribution in [0.3, 0.4) is 0 Å². The molecule has 1 aliphatic rings. The lowest BCUT2D eigenvalue weighted by atomic mass is 10.1. The summed E-state index contributed by atoms with van der Waals surface area (Å²) in [5, 5.41) is 0. The van der Waals surface area contributed by atoms with E-state index in [9.17, 15) is 22.8 Å². The van der Waals surface area contributed by atoms with Crippen LogP contribution >= 0.6 is 0 Å². The Morgan fingerprint density at radius 3 is 2.53 bits per heavy atom. The molecule has 19 heavy (non-hydrogen) atoms. The van der Waals surface area contributed by atoms with E-state index in [2.05, 4.69) is 9.78 Å². The van der Waals surface area contributed by atoms with Crippen LogP contribution < -0.4 is 4.89 Å². The Balaban J connectivity index is 2.15. The summed E-state index contributed by atoms with van der Waals surface area (Å²) in [5.41, 5.74) is -1.12. The van der Waals surface area contributed by atoms with Crippen molar-refractivity contribution in [1.82, 2.24) is 0 Å². The molecule has 1 saturated carbocycles. The molecule has 2 rings (SSSR count). The highest BCUT2D eigenvalue weighted by molar-refractivity contribution is 5.79. The van der Waals surface area contributed by atoms with Crippen LogP contribution in [-0.2, 0) is 15.9 Å². The van der Waals surface area contributed by atoms with Gasteiger partial charge in [-0.25, -0.2) is 4.79 Å². The summed E-state index contributed by atoms with van der Waals surface area (Å²) in [7, 11) is 0. The Hall–Kier alpha value is -2.05. The highest BCUT2D eigenvalue weighted by Crippen LogP contribution is 2.34. The third-order valence-electron chi connectivity index (χ3n) is 2.59. The molecular weight excluding hydrogens is 265 g/mol. The fourth-order valence-corrected chi connectivity index (χ4v) is 1.35. The van der Waals surface area contributed by atoms with Crippen molar-refractivity contribution in [3.63, 3.8) is 0 Å². The van der Waals surface area contributed by atoms with E-state index in [0.717, 1.165) is 12.1 Å². The Morgan fingerprint density at radius 1 is 1.32 bits per heavy atom. The number of carbonyl (C=O) groups excluding carboxylic acids is 2. The van der Waals surface area contributed by atoms with Gasteiger partial charge in [0.05, 0.1) is 17.0 Å². The number of hydrogen-bond donors (Lipinski definition) is 0. The minimum absolute atomic E-state index is 0.128. The second-order valence-electron chi connectivity index (χ2n) is 4.13. The van der Waals surface area contributed by atoms with Crippen LogP contribution in [0.5, 0.6) is 5.75 Å². The van der Waals surface area contributed by atoms with Gasteiger partial charge >= 0.3 is 12.1 Å². The van der Waals surface area contributed by atoms with Crippen LogP contribution in [0.2, 0.25) is 0 Å². The summed E-state index contributed by atoms with van der Waals surface area (Å²) in [5.74, 6) is -1.33. The summed E-state index contributed by atoms with van der Waals surface area (Å²) in [6.45, 7) is 0. The maximum absolute atomic E-state index is 12.5. The first-order chi connectivity index (χ1) is 8.91. The molecule has 0 aliphatic heterocycles. The normalized spacial score (nSPS) is 14.9. The van der Waals surface area contributed by atoms with E-state index in [4.69, 9.17) is 0 Å². The zero-order valence-electron chi connectivity index (χ0n) is 9.57. The minimum atomic E-state index is -4.57. The number of benzene rings is 1. The van der Waals surface area contributed by atoms with Gasteiger partial charge < -0.3 is 0 Å². The van der Waals surface area contributed by atoms with Crippen molar-refractivity contribution in [2.75, 3.05) is 0 Å². The molecular formula is C12H9F3O4. The summed E-state index contributed by atoms with van der Waals surface area (Å²) < 4.78 is 37.5. The van der Waals surface area contributed by atoms with Crippen LogP contribution in [0, 0.1) is 5.92 Å². The molecule has 1 fully saturated rings. The SMILES string of the molecule is O=Cc1ccc(C(F)(F)F)cc1OOC(=O)C1CC1. The van der Waals surface area contributed by atoms with Crippen LogP contribution in [0.1, 0.15) is 28.8 Å². The zero-order chi connectivity index (χ0) is 14.0. The van der Waals surface area contributed by atoms with Crippen molar-refractivity contribution >= 4 is 12.3 Å². The molecule has 0 heterocycles. The largest absolute Gasteiger partial charge is 0.416 e. The molecule has 0 amide bonds. The summed E-state index contributed by atoms with van der Waals surface area (Å²) in [6.07, 6.45) is -2.91. The monoisotopic (exact) mass is 274 g/mol. The van der Waals surface area contributed by atoms with Crippen molar-refractivity contribution in [1.29, 1.82) is 0 Å². The van der Waals surface area contributed by atoms with E-state index in [1.807, 2.05) is 0 Å². The molecule has 0 atom stereocenters. The second-order valence-corrected chi connectivity index (χ2v) is 4.13. The maximum atomic E-state index is 12.5. The van der Waals surface area contributed by atoms with Crippen LogP contribution in [0.25, 0.3) is 0 Å². The molecule has 7 heteroatoms. The molecule has 0 saturated heterocycles. The third-order valence-corrected chi connectivity index (χ3v) is 2.59. The van der Waals surface area contributed by atoms with E-state index < -0.39 is 23.5 Å². The van der Waals surface area contributed by atoms with Crippen molar-refractivity contribution in [3.8, 4) is 5.75 Å². The van der Waals surface area contributed by atoms with Gasteiger partial charge in [0.15, 0.2) is 12.0 Å². The first-order valence-corrected chi connectivity index (χ1v) is 5.46. The quantitative estimate of drug-likeness (QED) is 0.481. The fraction of sp³-hybridized carbons (Fsp3) is 0.333. The van der Waals surface area contributed by atoms with Gasteiger partial charge in [0.25, 0.3) is 0 Å². The van der Waals surface area contributed by atoms with Crippen molar-refractivity contribution in [3.05, 3.63) is 29.3 Å². The van der Waals surface area contributed by atoms with Crippen molar-refractivity contribution in [2.45, 2.75) is 19.0 Å². The number of halogens is 3. The minimum Gasteiger partial charge on any atom is -0.298 e. The number of rotatable bonds is 4. The van der Waals surface area contributed by atoms with E-state index >= 15 is 0 Å². The van der Waals surface area contributed by atoms with Gasteiger partial charge in [-0.3, -0.25) is 14.6 Å². The average molecular weight is 274 g/mol. The molecule has 1 aromatic carbocycles. The van der Waals surface area contributed by atoms with Gasteiger partial charge in [-0.15, -0.1) is 0 Å². The van der Waals surface area contributed by atoms with Gasteiger partial charge in [-0.2, -0.15) is 13.2 Å². The second kappa shape index (κ2) is 4.91. The molecule has 0 aromatic heterocycles. The number of alkyl halides is 3. The lowest BCUT2D eigenvalue weighted by Gasteiger charge is -2.10. The standard InChI is InChI=1S/C12H9F3O4/c13-12(14,15)9-4-3-8(6-16)10(5-9)18-19-11(17)7-1-2-7/h3-7H,1-2H2. The predicted molar refractivity (Wildman–Crippen MR) is 56.3 cm³/mol. The van der Waals surface area contributed by atoms with Crippen LogP contribution in [-0.4, -0.2) is 12.3 Å². The molecule has 0 spiro atoms. The van der Waals surface area contributed by atoms with Gasteiger partial charge in [0.1, 0.15) is 0 Å². The van der Waals surface area contributed by atoms with Gasteiger partial charge in [-0.1, -0.05) is 0 Å². The number of aldehydes is 1. The van der Waals surface area contributed by atoms with Gasteiger partial charge in [0.2, 0.25) is 0 Å². The highest BCUT2D eigenvalue weighted by atomic mass is 19.4. The van der Waals surface area contributed by atoms with E-state index in [1.54, 1.807) is 0 Å². The summed E-state index contributed by atoms with van der Waals surface area (Å²) in [4.78, 5) is 30.8. The van der Waals surface area contributed by atoms with Crippen molar-refractivity contribution in [2.24, 2.45) is 5.92 Å². The average Bonchev–Trinajstić information content (AvgIpc) is 3.18. The Bertz CT molecular complexity index is 506. The lowest BCUT2D eigenvalue weighted by molar-refractivity contribution is -0.215. The number of carbonyl (C=O) groups is 2. The van der Waals surface area contributed by atoms with Gasteiger partial charge in [0, 0.05) is 0 Å². The molecule has 102 valence electrons. The van der Waals surface area contributed by atoms with E-state index in [-0.39, 0.29) is 11.5 Å². The Kier molecular flexibility index (Phi) is 3.46.